The molecule has 6 heteroatoms. The fourth-order valence-electron chi connectivity index (χ4n) is 2.88. The Hall–Kier alpha value is -2.35. The molecule has 0 amide bonds. The molecule has 1 aliphatic heterocycles. The number of rotatable bonds is 4. The maximum atomic E-state index is 12.7. The number of pyridine rings is 1. The Bertz CT molecular complexity index is 852. The van der Waals surface area contributed by atoms with E-state index >= 15 is 0 Å². The SMILES string of the molecule is [C-]#[N+]/C(C(=O)c1ccc(Cl)cc1)=C1/CCCN1Cc1ccc(Cl)nc1. The zero-order valence-electron chi connectivity index (χ0n) is 13.4. The molecule has 0 saturated carbocycles. The van der Waals surface area contributed by atoms with Crippen molar-refractivity contribution in [2.24, 2.45) is 0 Å². The van der Waals surface area contributed by atoms with Crippen LogP contribution in [0.1, 0.15) is 28.8 Å². The van der Waals surface area contributed by atoms with Crippen molar-refractivity contribution in [2.45, 2.75) is 19.4 Å². The van der Waals surface area contributed by atoms with Gasteiger partial charge in [-0.25, -0.2) is 9.83 Å². The number of carbonyl (C=O) groups is 1. The molecule has 0 bridgehead atoms. The van der Waals surface area contributed by atoms with Crippen molar-refractivity contribution >= 4 is 29.0 Å². The second kappa shape index (κ2) is 7.69. The zero-order chi connectivity index (χ0) is 17.8. The van der Waals surface area contributed by atoms with Crippen molar-refractivity contribution in [1.82, 2.24) is 9.88 Å². The molecule has 0 atom stereocenters. The predicted octanol–water partition coefficient (Wildman–Crippen LogP) is 5.00. The van der Waals surface area contributed by atoms with Gasteiger partial charge < -0.3 is 9.69 Å². The number of nitrogens with zero attached hydrogens (tertiary/aromatic N) is 3. The van der Waals surface area contributed by atoms with Gasteiger partial charge in [0.15, 0.2) is 5.78 Å². The van der Waals surface area contributed by atoms with Crippen molar-refractivity contribution in [3.63, 3.8) is 0 Å². The second-order valence-electron chi connectivity index (χ2n) is 5.76. The Balaban J connectivity index is 1.88. The number of Topliss-reactive ketones (excluding diaryl/α,β-unsaturated/α-hetero) is 1. The van der Waals surface area contributed by atoms with Crippen LogP contribution in [0.15, 0.2) is 54.0 Å². The highest BCUT2D eigenvalue weighted by Gasteiger charge is 2.26. The molecule has 0 N–H and O–H groups in total. The summed E-state index contributed by atoms with van der Waals surface area (Å²) in [5, 5.41) is 1.01. The fourth-order valence-corrected chi connectivity index (χ4v) is 3.12. The monoisotopic (exact) mass is 371 g/mol. The topological polar surface area (TPSA) is 37.6 Å². The molecule has 4 nitrogen and oxygen atoms in total. The molecule has 3 rings (SSSR count). The Morgan fingerprint density at radius 1 is 1.20 bits per heavy atom. The maximum absolute atomic E-state index is 12.7. The molecule has 1 aromatic carbocycles. The first-order valence-electron chi connectivity index (χ1n) is 7.85. The van der Waals surface area contributed by atoms with Crippen LogP contribution in [0.2, 0.25) is 10.2 Å². The maximum Gasteiger partial charge on any atom is 0.252 e. The van der Waals surface area contributed by atoms with E-state index in [1.54, 1.807) is 36.5 Å². The van der Waals surface area contributed by atoms with Crippen LogP contribution in [-0.2, 0) is 6.54 Å². The minimum atomic E-state index is -0.261. The Labute approximate surface area is 156 Å². The number of benzene rings is 1. The highest BCUT2D eigenvalue weighted by atomic mass is 35.5. The van der Waals surface area contributed by atoms with Crippen LogP contribution < -0.4 is 0 Å². The molecule has 1 saturated heterocycles. The Morgan fingerprint density at radius 3 is 2.60 bits per heavy atom. The predicted molar refractivity (Wildman–Crippen MR) is 98.3 cm³/mol. The van der Waals surface area contributed by atoms with Crippen LogP contribution in [0.3, 0.4) is 0 Å². The smallest absolute Gasteiger partial charge is 0.252 e. The number of hydrogen-bond acceptors (Lipinski definition) is 3. The first-order chi connectivity index (χ1) is 12.1. The summed E-state index contributed by atoms with van der Waals surface area (Å²) in [5.41, 5.74) is 2.45. The Kier molecular flexibility index (Phi) is 5.37. The number of ketones is 1. The number of likely N-dealkylation sites (tertiary alicyclic amines) is 1. The van der Waals surface area contributed by atoms with Gasteiger partial charge in [0, 0.05) is 35.6 Å². The van der Waals surface area contributed by atoms with Crippen LogP contribution in [0.5, 0.6) is 0 Å². The van der Waals surface area contributed by atoms with Gasteiger partial charge in [-0.15, -0.1) is 0 Å². The van der Waals surface area contributed by atoms with E-state index in [9.17, 15) is 4.79 Å². The fraction of sp³-hybridized carbons (Fsp3) is 0.211. The number of aromatic nitrogens is 1. The van der Waals surface area contributed by atoms with E-state index in [0.717, 1.165) is 30.6 Å². The molecular weight excluding hydrogens is 357 g/mol. The minimum Gasteiger partial charge on any atom is -0.379 e. The van der Waals surface area contributed by atoms with Gasteiger partial charge in [0.25, 0.3) is 5.70 Å². The van der Waals surface area contributed by atoms with Gasteiger partial charge in [0.05, 0.1) is 6.57 Å². The van der Waals surface area contributed by atoms with Crippen LogP contribution in [0.4, 0.5) is 0 Å². The molecule has 0 radical (unpaired) electrons. The highest BCUT2D eigenvalue weighted by molar-refractivity contribution is 6.30. The average Bonchev–Trinajstić information content (AvgIpc) is 3.06. The minimum absolute atomic E-state index is 0.182. The third kappa shape index (κ3) is 4.01. The van der Waals surface area contributed by atoms with Crippen molar-refractivity contribution < 1.29 is 4.79 Å². The van der Waals surface area contributed by atoms with Crippen LogP contribution >= 0.6 is 23.2 Å². The summed E-state index contributed by atoms with van der Waals surface area (Å²) >= 11 is 11.7. The lowest BCUT2D eigenvalue weighted by Gasteiger charge is -2.21. The van der Waals surface area contributed by atoms with Crippen LogP contribution in [0.25, 0.3) is 4.85 Å². The van der Waals surface area contributed by atoms with Crippen molar-refractivity contribution in [1.29, 1.82) is 0 Å². The lowest BCUT2D eigenvalue weighted by Crippen LogP contribution is -2.20. The number of carbonyl (C=O) groups excluding carboxylic acids is 1. The molecule has 1 aliphatic rings. The molecule has 0 unspecified atom stereocenters. The van der Waals surface area contributed by atoms with E-state index in [-0.39, 0.29) is 11.5 Å². The van der Waals surface area contributed by atoms with Crippen LogP contribution in [0, 0.1) is 6.57 Å². The molecule has 25 heavy (non-hydrogen) atoms. The third-order valence-corrected chi connectivity index (χ3v) is 4.57. The van der Waals surface area contributed by atoms with E-state index in [4.69, 9.17) is 29.8 Å². The normalized spacial score (nSPS) is 15.8. The first-order valence-corrected chi connectivity index (χ1v) is 8.60. The molecule has 0 spiro atoms. The van der Waals surface area contributed by atoms with E-state index in [1.165, 1.54) is 0 Å². The van der Waals surface area contributed by atoms with Crippen molar-refractivity contribution in [3.8, 4) is 0 Å². The van der Waals surface area contributed by atoms with Gasteiger partial charge in [0.1, 0.15) is 5.15 Å². The zero-order valence-corrected chi connectivity index (χ0v) is 14.9. The van der Waals surface area contributed by atoms with Gasteiger partial charge >= 0.3 is 0 Å². The number of halogens is 2. The summed E-state index contributed by atoms with van der Waals surface area (Å²) in [4.78, 5) is 22.4. The highest BCUT2D eigenvalue weighted by Crippen LogP contribution is 2.29. The molecule has 126 valence electrons. The summed E-state index contributed by atoms with van der Waals surface area (Å²) in [6.07, 6.45) is 3.36. The summed E-state index contributed by atoms with van der Waals surface area (Å²) in [7, 11) is 0. The third-order valence-electron chi connectivity index (χ3n) is 4.09. The van der Waals surface area contributed by atoms with Gasteiger partial charge in [0.2, 0.25) is 0 Å². The number of hydrogen-bond donors (Lipinski definition) is 0. The molecule has 1 fully saturated rings. The summed E-state index contributed by atoms with van der Waals surface area (Å²) < 4.78 is 0. The number of allylic oxidation sites excluding steroid dienone is 2. The quantitative estimate of drug-likeness (QED) is 0.328. The molecule has 2 heterocycles. The average molecular weight is 372 g/mol. The van der Waals surface area contributed by atoms with E-state index in [1.807, 2.05) is 6.07 Å². The van der Waals surface area contributed by atoms with Gasteiger partial charge in [-0.3, -0.25) is 0 Å². The summed E-state index contributed by atoms with van der Waals surface area (Å²) in [5.74, 6) is -0.261. The lowest BCUT2D eigenvalue weighted by molar-refractivity contribution is 0.103. The van der Waals surface area contributed by atoms with E-state index in [2.05, 4.69) is 14.7 Å². The summed E-state index contributed by atoms with van der Waals surface area (Å²) in [6.45, 7) is 8.92. The van der Waals surface area contributed by atoms with Crippen molar-refractivity contribution in [3.05, 3.63) is 86.7 Å². The van der Waals surface area contributed by atoms with Crippen molar-refractivity contribution in [2.75, 3.05) is 6.54 Å². The molecule has 1 aromatic heterocycles. The van der Waals surface area contributed by atoms with Crippen LogP contribution in [-0.4, -0.2) is 22.2 Å². The standard InChI is InChI=1S/C19H15Cl2N3O/c1-22-18(19(25)14-5-7-15(20)8-6-14)16-3-2-10-24(16)12-13-4-9-17(21)23-11-13/h4-9,11H,2-3,10,12H2/b18-16-. The molecule has 2 aromatic rings. The first kappa shape index (κ1) is 17.5. The summed E-state index contributed by atoms with van der Waals surface area (Å²) in [6, 6.07) is 10.3. The molecular formula is C19H15Cl2N3O. The second-order valence-corrected chi connectivity index (χ2v) is 6.58. The van der Waals surface area contributed by atoms with Gasteiger partial charge in [-0.2, -0.15) is 0 Å². The van der Waals surface area contributed by atoms with Gasteiger partial charge in [-0.05, 0) is 36.6 Å². The Morgan fingerprint density at radius 2 is 1.96 bits per heavy atom. The lowest BCUT2D eigenvalue weighted by atomic mass is 10.1. The van der Waals surface area contributed by atoms with E-state index in [0.29, 0.717) is 22.3 Å². The molecule has 0 aliphatic carbocycles. The van der Waals surface area contributed by atoms with E-state index < -0.39 is 0 Å². The van der Waals surface area contributed by atoms with Gasteiger partial charge in [-0.1, -0.05) is 41.4 Å². The largest absolute Gasteiger partial charge is 0.379 e.